The quantitative estimate of drug-likeness (QED) is 0.912. The van der Waals surface area contributed by atoms with Crippen LogP contribution >= 0.6 is 0 Å². The molecule has 0 aromatic carbocycles. The molecule has 0 amide bonds. The second-order valence-corrected chi connectivity index (χ2v) is 7.02. The molecule has 1 aliphatic carbocycles. The molecule has 2 unspecified atom stereocenters. The Labute approximate surface area is 121 Å². The van der Waals surface area contributed by atoms with Crippen LogP contribution in [0.5, 0.6) is 0 Å². The van der Waals surface area contributed by atoms with Gasteiger partial charge in [-0.3, -0.25) is 4.90 Å². The Hall–Kier alpha value is -0.940. The Kier molecular flexibility index (Phi) is 3.58. The fourth-order valence-corrected chi connectivity index (χ4v) is 3.47. The van der Waals surface area contributed by atoms with Crippen molar-refractivity contribution in [3.8, 4) is 0 Å². The van der Waals surface area contributed by atoms with Crippen molar-refractivity contribution < 1.29 is 4.52 Å². The van der Waals surface area contributed by atoms with E-state index in [0.717, 1.165) is 31.4 Å². The maximum Gasteiger partial charge on any atom is 0.223 e. The Morgan fingerprint density at radius 2 is 2.20 bits per heavy atom. The van der Waals surface area contributed by atoms with Crippen molar-refractivity contribution in [1.29, 1.82) is 0 Å². The van der Waals surface area contributed by atoms with Gasteiger partial charge in [0.25, 0.3) is 0 Å². The molecule has 1 aromatic rings. The molecule has 0 bridgehead atoms. The van der Waals surface area contributed by atoms with E-state index in [4.69, 9.17) is 4.52 Å². The number of nitrogens with zero attached hydrogens (tertiary/aromatic N) is 3. The SMILES string of the molecule is Cc1nc(CN2CC(C)(C3CC3)NCC2C(C)C)no1. The fraction of sp³-hybridized carbons (Fsp3) is 0.867. The lowest BCUT2D eigenvalue weighted by Gasteiger charge is -2.47. The largest absolute Gasteiger partial charge is 0.340 e. The summed E-state index contributed by atoms with van der Waals surface area (Å²) >= 11 is 0. The van der Waals surface area contributed by atoms with Crippen LogP contribution in [0.3, 0.4) is 0 Å². The Morgan fingerprint density at radius 1 is 1.45 bits per heavy atom. The van der Waals surface area contributed by atoms with Gasteiger partial charge in [0, 0.05) is 31.6 Å². The molecule has 2 aliphatic rings. The van der Waals surface area contributed by atoms with Crippen LogP contribution in [0.1, 0.15) is 45.3 Å². The summed E-state index contributed by atoms with van der Waals surface area (Å²) in [6.45, 7) is 11.7. The molecule has 1 N–H and O–H groups in total. The molecule has 2 fully saturated rings. The van der Waals surface area contributed by atoms with Crippen molar-refractivity contribution in [3.63, 3.8) is 0 Å². The number of hydrogen-bond acceptors (Lipinski definition) is 5. The van der Waals surface area contributed by atoms with Gasteiger partial charge in [0.1, 0.15) is 0 Å². The molecule has 2 atom stereocenters. The van der Waals surface area contributed by atoms with Crippen molar-refractivity contribution in [3.05, 3.63) is 11.7 Å². The molecular formula is C15H26N4O. The summed E-state index contributed by atoms with van der Waals surface area (Å²) in [7, 11) is 0. The molecule has 112 valence electrons. The standard InChI is InChI=1S/C15H26N4O/c1-10(2)13-7-16-15(4,12-5-6-12)9-19(13)8-14-17-11(3)20-18-14/h10,12-13,16H,5-9H2,1-4H3. The molecule has 5 heteroatoms. The van der Waals surface area contributed by atoms with Crippen LogP contribution < -0.4 is 5.32 Å². The molecule has 3 rings (SSSR count). The van der Waals surface area contributed by atoms with Gasteiger partial charge < -0.3 is 9.84 Å². The Bertz CT molecular complexity index is 468. The highest BCUT2D eigenvalue weighted by Crippen LogP contribution is 2.41. The predicted octanol–water partition coefficient (Wildman–Crippen LogP) is 1.98. The average Bonchev–Trinajstić information content (AvgIpc) is 3.15. The molecule has 1 aliphatic heterocycles. The Balaban J connectivity index is 1.74. The first-order valence-electron chi connectivity index (χ1n) is 7.76. The van der Waals surface area contributed by atoms with Gasteiger partial charge in [-0.2, -0.15) is 4.98 Å². The van der Waals surface area contributed by atoms with Gasteiger partial charge in [-0.25, -0.2) is 0 Å². The van der Waals surface area contributed by atoms with E-state index in [9.17, 15) is 0 Å². The van der Waals surface area contributed by atoms with Crippen LogP contribution in [0.15, 0.2) is 4.52 Å². The third-order valence-corrected chi connectivity index (χ3v) is 4.88. The molecule has 1 saturated heterocycles. The fourth-order valence-electron chi connectivity index (χ4n) is 3.47. The lowest BCUT2D eigenvalue weighted by Crippen LogP contribution is -2.64. The van der Waals surface area contributed by atoms with E-state index >= 15 is 0 Å². The number of hydrogen-bond donors (Lipinski definition) is 1. The number of aryl methyl sites for hydroxylation is 1. The highest BCUT2D eigenvalue weighted by Gasteiger charge is 2.46. The monoisotopic (exact) mass is 278 g/mol. The van der Waals surface area contributed by atoms with Gasteiger partial charge in [0.05, 0.1) is 6.54 Å². The third-order valence-electron chi connectivity index (χ3n) is 4.88. The first-order valence-corrected chi connectivity index (χ1v) is 7.76. The zero-order chi connectivity index (χ0) is 14.3. The summed E-state index contributed by atoms with van der Waals surface area (Å²) in [6.07, 6.45) is 2.73. The number of aromatic nitrogens is 2. The number of piperazine rings is 1. The summed E-state index contributed by atoms with van der Waals surface area (Å²) in [5.41, 5.74) is 0.254. The first-order chi connectivity index (χ1) is 9.48. The van der Waals surface area contributed by atoms with Gasteiger partial charge in [-0.05, 0) is 31.6 Å². The smallest absolute Gasteiger partial charge is 0.223 e. The maximum absolute atomic E-state index is 5.11. The van der Waals surface area contributed by atoms with E-state index in [0.29, 0.717) is 17.9 Å². The third kappa shape index (κ3) is 2.74. The normalized spacial score (nSPS) is 31.9. The van der Waals surface area contributed by atoms with Gasteiger partial charge in [-0.1, -0.05) is 19.0 Å². The van der Waals surface area contributed by atoms with Crippen LogP contribution in [-0.2, 0) is 6.54 Å². The van der Waals surface area contributed by atoms with Gasteiger partial charge in [0.15, 0.2) is 5.82 Å². The average molecular weight is 278 g/mol. The zero-order valence-electron chi connectivity index (χ0n) is 13.0. The van der Waals surface area contributed by atoms with E-state index < -0.39 is 0 Å². The van der Waals surface area contributed by atoms with E-state index in [1.54, 1.807) is 0 Å². The molecule has 2 heterocycles. The van der Waals surface area contributed by atoms with Crippen molar-refractivity contribution in [2.75, 3.05) is 13.1 Å². The molecule has 0 radical (unpaired) electrons. The molecule has 1 saturated carbocycles. The predicted molar refractivity (Wildman–Crippen MR) is 77.2 cm³/mol. The molecule has 20 heavy (non-hydrogen) atoms. The van der Waals surface area contributed by atoms with Crippen molar-refractivity contribution >= 4 is 0 Å². The highest BCUT2D eigenvalue weighted by molar-refractivity contribution is 5.05. The summed E-state index contributed by atoms with van der Waals surface area (Å²) in [6, 6.07) is 0.542. The second kappa shape index (κ2) is 5.11. The van der Waals surface area contributed by atoms with E-state index in [2.05, 4.69) is 41.1 Å². The minimum Gasteiger partial charge on any atom is -0.340 e. The highest BCUT2D eigenvalue weighted by atomic mass is 16.5. The van der Waals surface area contributed by atoms with Crippen LogP contribution in [0.4, 0.5) is 0 Å². The van der Waals surface area contributed by atoms with E-state index in [1.807, 2.05) is 6.92 Å². The van der Waals surface area contributed by atoms with E-state index in [1.165, 1.54) is 12.8 Å². The molecular weight excluding hydrogens is 252 g/mol. The van der Waals surface area contributed by atoms with Gasteiger partial charge in [0.2, 0.25) is 5.89 Å². The molecule has 1 aromatic heterocycles. The minimum absolute atomic E-state index is 0.254. The van der Waals surface area contributed by atoms with Gasteiger partial charge in [-0.15, -0.1) is 0 Å². The summed E-state index contributed by atoms with van der Waals surface area (Å²) < 4.78 is 5.11. The van der Waals surface area contributed by atoms with Crippen molar-refractivity contribution in [2.45, 2.75) is 58.7 Å². The minimum atomic E-state index is 0.254. The summed E-state index contributed by atoms with van der Waals surface area (Å²) in [5, 5.41) is 7.87. The molecule has 0 spiro atoms. The number of nitrogens with one attached hydrogen (secondary N) is 1. The first kappa shape index (κ1) is 14.0. The van der Waals surface area contributed by atoms with Crippen LogP contribution in [0, 0.1) is 18.8 Å². The topological polar surface area (TPSA) is 54.2 Å². The van der Waals surface area contributed by atoms with Crippen LogP contribution in [0.25, 0.3) is 0 Å². The lowest BCUT2D eigenvalue weighted by atomic mass is 9.88. The van der Waals surface area contributed by atoms with Crippen LogP contribution in [0.2, 0.25) is 0 Å². The number of rotatable bonds is 4. The lowest BCUT2D eigenvalue weighted by molar-refractivity contribution is 0.0438. The summed E-state index contributed by atoms with van der Waals surface area (Å²) in [5.74, 6) is 2.93. The van der Waals surface area contributed by atoms with Crippen molar-refractivity contribution in [2.24, 2.45) is 11.8 Å². The molecule has 5 nitrogen and oxygen atoms in total. The van der Waals surface area contributed by atoms with Gasteiger partial charge >= 0.3 is 0 Å². The maximum atomic E-state index is 5.11. The summed E-state index contributed by atoms with van der Waals surface area (Å²) in [4.78, 5) is 6.91. The van der Waals surface area contributed by atoms with Crippen LogP contribution in [-0.4, -0.2) is 39.7 Å². The Morgan fingerprint density at radius 3 is 2.75 bits per heavy atom. The van der Waals surface area contributed by atoms with Crippen molar-refractivity contribution in [1.82, 2.24) is 20.4 Å². The zero-order valence-corrected chi connectivity index (χ0v) is 13.0. The second-order valence-electron chi connectivity index (χ2n) is 7.02. The van der Waals surface area contributed by atoms with E-state index in [-0.39, 0.29) is 5.54 Å².